The van der Waals surface area contributed by atoms with E-state index in [-0.39, 0.29) is 12.5 Å². The Kier molecular flexibility index (Phi) is 5.90. The van der Waals surface area contributed by atoms with Gasteiger partial charge in [0, 0.05) is 25.8 Å². The third-order valence-corrected chi connectivity index (χ3v) is 4.56. The number of esters is 1. The van der Waals surface area contributed by atoms with Crippen LogP contribution in [0.15, 0.2) is 36.5 Å². The largest absolute Gasteiger partial charge is 0.496 e. The summed E-state index contributed by atoms with van der Waals surface area (Å²) in [5.41, 5.74) is 1.66. The molecule has 3 rings (SSSR count). The van der Waals surface area contributed by atoms with E-state index in [1.165, 1.54) is 14.2 Å². The molecule has 0 atom stereocenters. The van der Waals surface area contributed by atoms with Crippen LogP contribution in [0.4, 0.5) is 5.82 Å². The molecule has 7 heteroatoms. The maximum absolute atomic E-state index is 12.7. The first-order valence-electron chi connectivity index (χ1n) is 8.87. The topological polar surface area (TPSA) is 80.8 Å². The van der Waals surface area contributed by atoms with E-state index in [0.29, 0.717) is 16.9 Å². The van der Waals surface area contributed by atoms with E-state index in [9.17, 15) is 9.59 Å². The number of aromatic nitrogens is 1. The zero-order chi connectivity index (χ0) is 19.2. The van der Waals surface area contributed by atoms with Crippen molar-refractivity contribution >= 4 is 17.7 Å². The average molecular weight is 369 g/mol. The summed E-state index contributed by atoms with van der Waals surface area (Å²) in [5, 5.41) is 2.90. The number of methoxy groups -OCH3 is 2. The van der Waals surface area contributed by atoms with E-state index < -0.39 is 5.97 Å². The molecule has 1 aromatic carbocycles. The molecule has 1 aliphatic heterocycles. The molecule has 1 amide bonds. The number of rotatable bonds is 6. The number of nitrogens with zero attached hydrogens (tertiary/aromatic N) is 2. The standard InChI is InChI=1S/C20H23N3O4/c1-26-17-8-7-14(12-16(17)20(25)27-2)13-22-19(24)15-6-5-9-21-18(15)23-10-3-4-11-23/h5-9,12H,3-4,10-11,13H2,1-2H3,(H,22,24). The summed E-state index contributed by atoms with van der Waals surface area (Å²) in [6.45, 7) is 2.11. The van der Waals surface area contributed by atoms with Crippen LogP contribution in [0.25, 0.3) is 0 Å². The SMILES string of the molecule is COC(=O)c1cc(CNC(=O)c2cccnc2N2CCCC2)ccc1OC. The Hall–Kier alpha value is -3.09. The van der Waals surface area contributed by atoms with Crippen LogP contribution in [0, 0.1) is 0 Å². The molecule has 142 valence electrons. The van der Waals surface area contributed by atoms with Crippen molar-refractivity contribution in [3.05, 3.63) is 53.2 Å². The van der Waals surface area contributed by atoms with Crippen LogP contribution >= 0.6 is 0 Å². The van der Waals surface area contributed by atoms with Crippen LogP contribution in [-0.2, 0) is 11.3 Å². The van der Waals surface area contributed by atoms with Gasteiger partial charge in [-0.3, -0.25) is 4.79 Å². The van der Waals surface area contributed by atoms with Gasteiger partial charge in [0.1, 0.15) is 17.1 Å². The predicted molar refractivity (Wildman–Crippen MR) is 101 cm³/mol. The van der Waals surface area contributed by atoms with Crippen LogP contribution in [0.1, 0.15) is 39.1 Å². The molecule has 1 aliphatic rings. The summed E-state index contributed by atoms with van der Waals surface area (Å²) in [6, 6.07) is 8.69. The van der Waals surface area contributed by atoms with E-state index in [4.69, 9.17) is 9.47 Å². The molecule has 1 fully saturated rings. The number of anilines is 1. The molecule has 0 aliphatic carbocycles. The van der Waals surface area contributed by atoms with Gasteiger partial charge in [-0.05, 0) is 42.7 Å². The molecule has 27 heavy (non-hydrogen) atoms. The van der Waals surface area contributed by atoms with Crippen LogP contribution in [-0.4, -0.2) is 44.2 Å². The van der Waals surface area contributed by atoms with Gasteiger partial charge >= 0.3 is 5.97 Å². The van der Waals surface area contributed by atoms with Crippen molar-refractivity contribution in [1.29, 1.82) is 0 Å². The molecule has 0 radical (unpaired) electrons. The maximum Gasteiger partial charge on any atom is 0.341 e. The molecule has 0 unspecified atom stereocenters. The van der Waals surface area contributed by atoms with E-state index in [0.717, 1.165) is 37.3 Å². The fourth-order valence-corrected chi connectivity index (χ4v) is 3.17. The highest BCUT2D eigenvalue weighted by Crippen LogP contribution is 2.23. The Labute approximate surface area is 158 Å². The molecule has 7 nitrogen and oxygen atoms in total. The summed E-state index contributed by atoms with van der Waals surface area (Å²) in [7, 11) is 2.81. The zero-order valence-electron chi connectivity index (χ0n) is 15.5. The molecule has 1 N–H and O–H groups in total. The molecule has 0 spiro atoms. The van der Waals surface area contributed by atoms with Crippen molar-refractivity contribution in [3.63, 3.8) is 0 Å². The Bertz CT molecular complexity index is 832. The second-order valence-electron chi connectivity index (χ2n) is 6.28. The third-order valence-electron chi connectivity index (χ3n) is 4.56. The number of ether oxygens (including phenoxy) is 2. The summed E-state index contributed by atoms with van der Waals surface area (Å²) in [6.07, 6.45) is 3.93. The van der Waals surface area contributed by atoms with Gasteiger partial charge in [0.25, 0.3) is 5.91 Å². The number of hydrogen-bond acceptors (Lipinski definition) is 6. The molecule has 1 aromatic heterocycles. The van der Waals surface area contributed by atoms with Gasteiger partial charge < -0.3 is 19.7 Å². The van der Waals surface area contributed by atoms with Crippen LogP contribution in [0.2, 0.25) is 0 Å². The first-order chi connectivity index (χ1) is 13.1. The number of benzene rings is 1. The van der Waals surface area contributed by atoms with Crippen molar-refractivity contribution in [2.45, 2.75) is 19.4 Å². The van der Waals surface area contributed by atoms with Crippen LogP contribution in [0.3, 0.4) is 0 Å². The first-order valence-corrected chi connectivity index (χ1v) is 8.87. The van der Waals surface area contributed by atoms with E-state index in [1.807, 2.05) is 0 Å². The number of amides is 1. The summed E-state index contributed by atoms with van der Waals surface area (Å²) >= 11 is 0. The van der Waals surface area contributed by atoms with Gasteiger partial charge in [0.2, 0.25) is 0 Å². The Balaban J connectivity index is 1.74. The van der Waals surface area contributed by atoms with E-state index >= 15 is 0 Å². The lowest BCUT2D eigenvalue weighted by molar-refractivity contribution is 0.0597. The van der Waals surface area contributed by atoms with E-state index in [1.54, 1.807) is 36.5 Å². The van der Waals surface area contributed by atoms with Crippen molar-refractivity contribution < 1.29 is 19.1 Å². The van der Waals surface area contributed by atoms with E-state index in [2.05, 4.69) is 15.2 Å². The van der Waals surface area contributed by atoms with Crippen LogP contribution in [0.5, 0.6) is 5.75 Å². The molecule has 2 aromatic rings. The summed E-state index contributed by atoms with van der Waals surface area (Å²) in [5.74, 6) is 0.474. The lowest BCUT2D eigenvalue weighted by Crippen LogP contribution is -2.28. The van der Waals surface area contributed by atoms with Gasteiger partial charge in [-0.1, -0.05) is 6.07 Å². The van der Waals surface area contributed by atoms with Crippen molar-refractivity contribution in [3.8, 4) is 5.75 Å². The number of carbonyl (C=O) groups excluding carboxylic acids is 2. The minimum absolute atomic E-state index is 0.194. The third kappa shape index (κ3) is 4.19. The van der Waals surface area contributed by atoms with Gasteiger partial charge in [-0.2, -0.15) is 0 Å². The first kappa shape index (κ1) is 18.7. The molecular weight excluding hydrogens is 346 g/mol. The van der Waals surface area contributed by atoms with Crippen molar-refractivity contribution in [2.75, 3.05) is 32.2 Å². The fourth-order valence-electron chi connectivity index (χ4n) is 3.17. The summed E-state index contributed by atoms with van der Waals surface area (Å²) in [4.78, 5) is 31.1. The van der Waals surface area contributed by atoms with Gasteiger partial charge in [0.05, 0.1) is 19.8 Å². The zero-order valence-corrected chi connectivity index (χ0v) is 15.5. The van der Waals surface area contributed by atoms with Crippen molar-refractivity contribution in [2.24, 2.45) is 0 Å². The minimum atomic E-state index is -0.483. The number of hydrogen-bond donors (Lipinski definition) is 1. The smallest absolute Gasteiger partial charge is 0.341 e. The molecule has 0 saturated carbocycles. The number of pyridine rings is 1. The average Bonchev–Trinajstić information content (AvgIpc) is 3.26. The highest BCUT2D eigenvalue weighted by molar-refractivity contribution is 5.99. The normalized spacial score (nSPS) is 13.3. The molecule has 1 saturated heterocycles. The number of carbonyl (C=O) groups is 2. The minimum Gasteiger partial charge on any atom is -0.496 e. The van der Waals surface area contributed by atoms with Gasteiger partial charge in [0.15, 0.2) is 0 Å². The predicted octanol–water partition coefficient (Wildman–Crippen LogP) is 2.41. The highest BCUT2D eigenvalue weighted by Gasteiger charge is 2.20. The second kappa shape index (κ2) is 8.53. The highest BCUT2D eigenvalue weighted by atomic mass is 16.5. The molecule has 0 bridgehead atoms. The maximum atomic E-state index is 12.7. The summed E-state index contributed by atoms with van der Waals surface area (Å²) < 4.78 is 9.97. The van der Waals surface area contributed by atoms with Crippen molar-refractivity contribution in [1.82, 2.24) is 10.3 Å². The van der Waals surface area contributed by atoms with Gasteiger partial charge in [-0.25, -0.2) is 9.78 Å². The van der Waals surface area contributed by atoms with Crippen LogP contribution < -0.4 is 15.0 Å². The monoisotopic (exact) mass is 369 g/mol. The Morgan fingerprint density at radius 3 is 2.63 bits per heavy atom. The Morgan fingerprint density at radius 1 is 1.15 bits per heavy atom. The number of nitrogens with one attached hydrogen (secondary N) is 1. The lowest BCUT2D eigenvalue weighted by Gasteiger charge is -2.19. The molecular formula is C20H23N3O4. The lowest BCUT2D eigenvalue weighted by atomic mass is 10.1. The Morgan fingerprint density at radius 2 is 1.93 bits per heavy atom. The fraction of sp³-hybridized carbons (Fsp3) is 0.350. The quantitative estimate of drug-likeness (QED) is 0.788. The van der Waals surface area contributed by atoms with Gasteiger partial charge in [-0.15, -0.1) is 0 Å². The molecule has 2 heterocycles. The second-order valence-corrected chi connectivity index (χ2v) is 6.28.